The molecule has 226 valence electrons. The number of ketones is 2. The highest BCUT2D eigenvalue weighted by atomic mass is 16.5. The monoisotopic (exact) mass is 584 g/mol. The highest BCUT2D eigenvalue weighted by Gasteiger charge is 2.64. The van der Waals surface area contributed by atoms with Gasteiger partial charge in [-0.05, 0) is 50.9 Å². The minimum Gasteiger partial charge on any atom is -0.508 e. The molecular formula is C29H36N4O9. The van der Waals surface area contributed by atoms with Crippen LogP contribution in [0.1, 0.15) is 29.5 Å². The number of amides is 2. The van der Waals surface area contributed by atoms with E-state index in [9.17, 15) is 39.6 Å². The lowest BCUT2D eigenvalue weighted by Gasteiger charge is -2.50. The number of alkyl carbamates (subject to hydrolysis) is 1. The first-order valence-corrected chi connectivity index (χ1v) is 13.4. The van der Waals surface area contributed by atoms with Crippen molar-refractivity contribution in [3.63, 3.8) is 0 Å². The number of likely N-dealkylation sites (N-methyl/N-ethyl adjacent to an activating group) is 1. The molecule has 0 spiro atoms. The Morgan fingerprint density at radius 2 is 1.88 bits per heavy atom. The summed E-state index contributed by atoms with van der Waals surface area (Å²) in [6.45, 7) is 3.51. The number of carbonyl (C=O) groups excluding carboxylic acids is 4. The number of aromatic hydroxyl groups is 1. The summed E-state index contributed by atoms with van der Waals surface area (Å²) in [6, 6.07) is 0.488. The Kier molecular flexibility index (Phi) is 8.11. The van der Waals surface area contributed by atoms with Crippen LogP contribution in [0.3, 0.4) is 0 Å². The summed E-state index contributed by atoms with van der Waals surface area (Å²) in [5, 5.41) is 48.1. The van der Waals surface area contributed by atoms with Crippen molar-refractivity contribution in [2.45, 2.75) is 37.5 Å². The molecule has 4 rings (SSSR count). The van der Waals surface area contributed by atoms with Crippen LogP contribution in [0, 0.1) is 11.8 Å². The zero-order valence-corrected chi connectivity index (χ0v) is 23.9. The van der Waals surface area contributed by atoms with Gasteiger partial charge in [-0.15, -0.1) is 6.58 Å². The third kappa shape index (κ3) is 4.68. The molecule has 13 nitrogen and oxygen atoms in total. The van der Waals surface area contributed by atoms with Crippen molar-refractivity contribution in [1.82, 2.24) is 10.2 Å². The number of hydrogen-bond donors (Lipinski definition) is 6. The van der Waals surface area contributed by atoms with Gasteiger partial charge in [0.2, 0.25) is 5.78 Å². The van der Waals surface area contributed by atoms with E-state index < -0.39 is 69.9 Å². The van der Waals surface area contributed by atoms with Crippen LogP contribution in [0.15, 0.2) is 35.6 Å². The van der Waals surface area contributed by atoms with Crippen molar-refractivity contribution in [3.05, 3.63) is 52.3 Å². The van der Waals surface area contributed by atoms with Gasteiger partial charge < -0.3 is 41.1 Å². The predicted molar refractivity (Wildman–Crippen MR) is 152 cm³/mol. The smallest absolute Gasteiger partial charge is 0.407 e. The van der Waals surface area contributed by atoms with Gasteiger partial charge in [-0.1, -0.05) is 6.08 Å². The summed E-state index contributed by atoms with van der Waals surface area (Å²) in [5.74, 6) is -7.22. The number of nitrogens with zero attached hydrogens (tertiary/aromatic N) is 2. The molecule has 1 aromatic carbocycles. The zero-order chi connectivity index (χ0) is 31.3. The van der Waals surface area contributed by atoms with Gasteiger partial charge in [-0.2, -0.15) is 0 Å². The van der Waals surface area contributed by atoms with Crippen LogP contribution in [-0.4, -0.2) is 95.3 Å². The number of fused-ring (bicyclic) bond motifs is 3. The molecule has 0 saturated heterocycles. The molecule has 0 aromatic heterocycles. The second-order valence-electron chi connectivity index (χ2n) is 11.2. The number of primary amides is 1. The van der Waals surface area contributed by atoms with E-state index in [1.165, 1.54) is 4.90 Å². The van der Waals surface area contributed by atoms with Crippen molar-refractivity contribution < 1.29 is 44.3 Å². The van der Waals surface area contributed by atoms with Gasteiger partial charge in [-0.25, -0.2) is 4.79 Å². The summed E-state index contributed by atoms with van der Waals surface area (Å²) < 4.78 is 5.04. The molecule has 2 amide bonds. The predicted octanol–water partition coefficient (Wildman–Crippen LogP) is 0.832. The summed E-state index contributed by atoms with van der Waals surface area (Å²) in [4.78, 5) is 54.7. The van der Waals surface area contributed by atoms with Gasteiger partial charge in [0.15, 0.2) is 11.4 Å². The van der Waals surface area contributed by atoms with Gasteiger partial charge in [0.1, 0.15) is 22.8 Å². The minimum absolute atomic E-state index is 0.0146. The molecule has 13 heteroatoms. The first-order valence-electron chi connectivity index (χ1n) is 13.4. The average Bonchev–Trinajstić information content (AvgIpc) is 2.89. The van der Waals surface area contributed by atoms with Crippen LogP contribution in [-0.2, 0) is 32.1 Å². The van der Waals surface area contributed by atoms with E-state index in [4.69, 9.17) is 10.5 Å². The first-order chi connectivity index (χ1) is 19.7. The number of carbonyl (C=O) groups is 4. The molecule has 3 aliphatic carbocycles. The maximum atomic E-state index is 14.0. The zero-order valence-electron chi connectivity index (χ0n) is 23.9. The number of anilines is 1. The second kappa shape index (κ2) is 11.1. The molecule has 0 radical (unpaired) electrons. The number of ether oxygens (including phenoxy) is 1. The van der Waals surface area contributed by atoms with E-state index in [-0.39, 0.29) is 42.7 Å². The van der Waals surface area contributed by atoms with Crippen LogP contribution < -0.4 is 16.0 Å². The fourth-order valence-electron chi connectivity index (χ4n) is 6.33. The topological polar surface area (TPSA) is 203 Å². The first kappa shape index (κ1) is 30.6. The summed E-state index contributed by atoms with van der Waals surface area (Å²) >= 11 is 0. The van der Waals surface area contributed by atoms with Crippen LogP contribution in [0.2, 0.25) is 0 Å². The largest absolute Gasteiger partial charge is 0.508 e. The van der Waals surface area contributed by atoms with E-state index in [2.05, 4.69) is 11.9 Å². The van der Waals surface area contributed by atoms with E-state index >= 15 is 0 Å². The minimum atomic E-state index is -2.72. The number of benzene rings is 1. The summed E-state index contributed by atoms with van der Waals surface area (Å²) in [7, 11) is 6.59. The van der Waals surface area contributed by atoms with Crippen molar-refractivity contribution in [3.8, 4) is 5.75 Å². The van der Waals surface area contributed by atoms with E-state index in [0.717, 1.165) is 0 Å². The fraction of sp³-hybridized carbons (Fsp3) is 0.448. The van der Waals surface area contributed by atoms with Crippen molar-refractivity contribution in [1.29, 1.82) is 0 Å². The molecule has 1 aromatic rings. The third-order valence-electron chi connectivity index (χ3n) is 8.24. The second-order valence-corrected chi connectivity index (χ2v) is 11.2. The number of phenols is 1. The Hall–Kier alpha value is -4.36. The van der Waals surface area contributed by atoms with Crippen LogP contribution >= 0.6 is 0 Å². The highest BCUT2D eigenvalue weighted by molar-refractivity contribution is 6.24. The molecule has 7 N–H and O–H groups in total. The van der Waals surface area contributed by atoms with Gasteiger partial charge in [-0.3, -0.25) is 19.3 Å². The van der Waals surface area contributed by atoms with E-state index in [0.29, 0.717) is 17.7 Å². The van der Waals surface area contributed by atoms with E-state index in [1.54, 1.807) is 45.2 Å². The normalized spacial score (nSPS) is 25.0. The lowest BCUT2D eigenvalue weighted by atomic mass is 9.57. The van der Waals surface area contributed by atoms with Crippen LogP contribution in [0.5, 0.6) is 5.75 Å². The lowest BCUT2D eigenvalue weighted by Crippen LogP contribution is -2.65. The summed E-state index contributed by atoms with van der Waals surface area (Å²) in [6.07, 6.45) is 1.46. The lowest BCUT2D eigenvalue weighted by molar-refractivity contribution is -0.153. The number of nitrogens with one attached hydrogen (secondary N) is 1. The number of aliphatic hydroxyl groups is 3. The molecule has 0 heterocycles. The maximum absolute atomic E-state index is 14.0. The molecule has 3 aliphatic rings. The SMILES string of the molecule is C=CCCOC(=O)NCc1cc(N(C)C)c2c(c1O)C(O)=C1C(=O)[C@@]3(O)C(O)=C(C(N)=O)C(=O)C(N(C)C)[C@H]3C[C@H]1C2. The van der Waals surface area contributed by atoms with Crippen LogP contribution in [0.4, 0.5) is 10.5 Å². The number of aliphatic hydroxyl groups excluding tert-OH is 2. The molecule has 42 heavy (non-hydrogen) atoms. The molecule has 0 aliphatic heterocycles. The third-order valence-corrected chi connectivity index (χ3v) is 8.24. The Bertz CT molecular complexity index is 1440. The number of hydrogen-bond acceptors (Lipinski definition) is 11. The van der Waals surface area contributed by atoms with Crippen molar-refractivity contribution in [2.24, 2.45) is 17.6 Å². The van der Waals surface area contributed by atoms with Crippen molar-refractivity contribution in [2.75, 3.05) is 39.7 Å². The number of phenolic OH excluding ortho intramolecular Hbond substituents is 1. The molecule has 0 bridgehead atoms. The number of nitrogens with two attached hydrogens (primary N) is 1. The van der Waals surface area contributed by atoms with Crippen LogP contribution in [0.25, 0.3) is 5.76 Å². The summed E-state index contributed by atoms with van der Waals surface area (Å²) in [5.41, 5.74) is 2.79. The fourth-order valence-corrected chi connectivity index (χ4v) is 6.33. The highest BCUT2D eigenvalue weighted by Crippen LogP contribution is 2.54. The molecule has 1 fully saturated rings. The quantitative estimate of drug-likeness (QED) is 0.143. The maximum Gasteiger partial charge on any atom is 0.407 e. The Morgan fingerprint density at radius 3 is 2.45 bits per heavy atom. The Balaban J connectivity index is 1.85. The van der Waals surface area contributed by atoms with Gasteiger partial charge in [0.25, 0.3) is 5.91 Å². The average molecular weight is 585 g/mol. The number of rotatable bonds is 8. The Morgan fingerprint density at radius 1 is 1.21 bits per heavy atom. The molecule has 1 unspecified atom stereocenters. The van der Waals surface area contributed by atoms with Crippen molar-refractivity contribution >= 4 is 35.0 Å². The van der Waals surface area contributed by atoms with Gasteiger partial charge in [0.05, 0.1) is 18.2 Å². The molecule has 4 atom stereocenters. The van der Waals surface area contributed by atoms with Gasteiger partial charge in [0, 0.05) is 43.4 Å². The molecule has 1 saturated carbocycles. The van der Waals surface area contributed by atoms with E-state index in [1.807, 2.05) is 0 Å². The number of Topliss-reactive ketones (excluding diaryl/α,β-unsaturated/α-hetero) is 2. The Labute approximate surface area is 242 Å². The van der Waals surface area contributed by atoms with Gasteiger partial charge >= 0.3 is 6.09 Å². The molecular weight excluding hydrogens is 548 g/mol. The standard InChI is InChI=1S/C29H36N4O9/c1-6-7-8-42-28(40)31-12-14-11-17(32(2)3)15-9-13-10-16-21(33(4)5)24(36)20(27(30)39)26(38)29(16,41)25(37)18(13)23(35)19(15)22(14)34/h6,11,13,16,21,34-35,38,41H,1,7-10,12H2,2-5H3,(H2,30,39)(H,31,40)/t13-,16-,21?,29-/m1/s1.